The highest BCUT2D eigenvalue weighted by atomic mass is 16.1. The minimum Gasteiger partial charge on any atom is -0.346 e. The van der Waals surface area contributed by atoms with Gasteiger partial charge in [-0.1, -0.05) is 18.2 Å². The van der Waals surface area contributed by atoms with E-state index in [4.69, 9.17) is 0 Å². The molecule has 0 fully saturated rings. The molecular formula is C17H17N3O. The molecule has 2 aromatic heterocycles. The fourth-order valence-corrected chi connectivity index (χ4v) is 2.37. The van der Waals surface area contributed by atoms with Crippen LogP contribution in [0.4, 0.5) is 0 Å². The third kappa shape index (κ3) is 3.17. The first-order chi connectivity index (χ1) is 10.3. The summed E-state index contributed by atoms with van der Waals surface area (Å²) in [6.07, 6.45) is 3.65. The molecule has 0 aliphatic heterocycles. The maximum atomic E-state index is 11.8. The molecule has 106 valence electrons. The average molecular weight is 279 g/mol. The highest BCUT2D eigenvalue weighted by Crippen LogP contribution is 2.08. The van der Waals surface area contributed by atoms with Gasteiger partial charge >= 0.3 is 0 Å². The average Bonchev–Trinajstić information content (AvgIpc) is 2.55. The fraction of sp³-hybridized carbons (Fsp3) is 0.176. The summed E-state index contributed by atoms with van der Waals surface area (Å²) >= 11 is 0. The maximum absolute atomic E-state index is 11.8. The molecule has 0 spiro atoms. The van der Waals surface area contributed by atoms with Gasteiger partial charge in [-0.15, -0.1) is 0 Å². The molecule has 0 saturated heterocycles. The van der Waals surface area contributed by atoms with Gasteiger partial charge < -0.3 is 9.88 Å². The Morgan fingerprint density at radius 1 is 1.05 bits per heavy atom. The van der Waals surface area contributed by atoms with E-state index in [-0.39, 0.29) is 5.43 Å². The smallest absolute Gasteiger partial charge is 0.189 e. The van der Waals surface area contributed by atoms with E-state index in [2.05, 4.69) is 14.9 Å². The molecule has 4 heteroatoms. The minimum absolute atomic E-state index is 0.0725. The molecule has 0 unspecified atom stereocenters. The van der Waals surface area contributed by atoms with Crippen molar-refractivity contribution in [2.45, 2.75) is 13.1 Å². The second-order valence-electron chi connectivity index (χ2n) is 4.89. The number of benzene rings is 1. The second-order valence-corrected chi connectivity index (χ2v) is 4.89. The van der Waals surface area contributed by atoms with Gasteiger partial charge in [0.05, 0.1) is 11.2 Å². The van der Waals surface area contributed by atoms with Crippen LogP contribution in [0.15, 0.2) is 65.7 Å². The number of hydrogen-bond donors (Lipinski definition) is 1. The zero-order chi connectivity index (χ0) is 14.5. The number of hydrogen-bond acceptors (Lipinski definition) is 3. The Hall–Kier alpha value is -2.46. The molecule has 3 aromatic rings. The normalized spacial score (nSPS) is 10.9. The lowest BCUT2D eigenvalue weighted by Gasteiger charge is -2.11. The van der Waals surface area contributed by atoms with Crippen LogP contribution in [-0.4, -0.2) is 16.1 Å². The van der Waals surface area contributed by atoms with Crippen molar-refractivity contribution < 1.29 is 0 Å². The van der Waals surface area contributed by atoms with Crippen LogP contribution in [0, 0.1) is 0 Å². The lowest BCUT2D eigenvalue weighted by Crippen LogP contribution is -2.21. The quantitative estimate of drug-likeness (QED) is 0.728. The largest absolute Gasteiger partial charge is 0.346 e. The summed E-state index contributed by atoms with van der Waals surface area (Å²) in [4.78, 5) is 16.1. The Morgan fingerprint density at radius 2 is 1.90 bits per heavy atom. The van der Waals surface area contributed by atoms with Crippen molar-refractivity contribution in [3.63, 3.8) is 0 Å². The summed E-state index contributed by atoms with van der Waals surface area (Å²) in [5, 5.41) is 4.14. The van der Waals surface area contributed by atoms with Gasteiger partial charge in [0.15, 0.2) is 5.43 Å². The zero-order valence-electron chi connectivity index (χ0n) is 11.7. The summed E-state index contributed by atoms with van der Waals surface area (Å²) in [5.74, 6) is 0. The molecular weight excluding hydrogens is 262 g/mol. The number of rotatable bonds is 5. The van der Waals surface area contributed by atoms with Crippen LogP contribution >= 0.6 is 0 Å². The molecule has 4 nitrogen and oxygen atoms in total. The summed E-state index contributed by atoms with van der Waals surface area (Å²) in [6.45, 7) is 2.38. The van der Waals surface area contributed by atoms with Crippen LogP contribution in [0.3, 0.4) is 0 Å². The Labute approximate surface area is 123 Å². The monoisotopic (exact) mass is 279 g/mol. The Balaban J connectivity index is 1.66. The number of nitrogens with zero attached hydrogens (tertiary/aromatic N) is 2. The van der Waals surface area contributed by atoms with Gasteiger partial charge in [0, 0.05) is 43.5 Å². The molecule has 1 N–H and O–H groups in total. The molecule has 0 saturated carbocycles. The third-order valence-corrected chi connectivity index (χ3v) is 3.45. The molecule has 3 rings (SSSR count). The standard InChI is InChI=1S/C17H17N3O/c21-17-8-11-20(16-7-2-1-6-15(16)17)12-10-18-13-14-5-3-4-9-19-14/h1-9,11,18H,10,12-13H2. The van der Waals surface area contributed by atoms with Crippen molar-refractivity contribution in [1.29, 1.82) is 0 Å². The summed E-state index contributed by atoms with van der Waals surface area (Å²) in [7, 11) is 0. The highest BCUT2D eigenvalue weighted by Gasteiger charge is 2.01. The van der Waals surface area contributed by atoms with E-state index in [0.29, 0.717) is 0 Å². The highest BCUT2D eigenvalue weighted by molar-refractivity contribution is 5.78. The van der Waals surface area contributed by atoms with Crippen molar-refractivity contribution in [3.8, 4) is 0 Å². The van der Waals surface area contributed by atoms with E-state index in [1.54, 1.807) is 12.3 Å². The van der Waals surface area contributed by atoms with Crippen molar-refractivity contribution in [2.24, 2.45) is 0 Å². The van der Waals surface area contributed by atoms with Crippen LogP contribution in [0.5, 0.6) is 0 Å². The van der Waals surface area contributed by atoms with Crippen molar-refractivity contribution >= 4 is 10.9 Å². The van der Waals surface area contributed by atoms with Crippen LogP contribution in [0.2, 0.25) is 0 Å². The number of pyridine rings is 2. The van der Waals surface area contributed by atoms with Crippen LogP contribution in [0.1, 0.15) is 5.69 Å². The molecule has 2 heterocycles. The molecule has 0 bridgehead atoms. The lowest BCUT2D eigenvalue weighted by atomic mass is 10.2. The first kappa shape index (κ1) is 13.5. The predicted octanol–water partition coefficient (Wildman–Crippen LogP) is 2.19. The van der Waals surface area contributed by atoms with Crippen LogP contribution < -0.4 is 10.7 Å². The Kier molecular flexibility index (Phi) is 4.07. The molecule has 0 aliphatic carbocycles. The third-order valence-electron chi connectivity index (χ3n) is 3.45. The van der Waals surface area contributed by atoms with Crippen molar-refractivity contribution in [1.82, 2.24) is 14.9 Å². The lowest BCUT2D eigenvalue weighted by molar-refractivity contribution is 0.601. The zero-order valence-corrected chi connectivity index (χ0v) is 11.7. The van der Waals surface area contributed by atoms with Gasteiger partial charge in [0.1, 0.15) is 0 Å². The number of nitrogens with one attached hydrogen (secondary N) is 1. The molecule has 21 heavy (non-hydrogen) atoms. The SMILES string of the molecule is O=c1ccn(CCNCc2ccccn2)c2ccccc12. The molecule has 1 aromatic carbocycles. The number of aromatic nitrogens is 2. The second kappa shape index (κ2) is 6.33. The van der Waals surface area contributed by atoms with Gasteiger partial charge in [-0.2, -0.15) is 0 Å². The van der Waals surface area contributed by atoms with Crippen LogP contribution in [0.25, 0.3) is 10.9 Å². The fourth-order valence-electron chi connectivity index (χ4n) is 2.37. The van der Waals surface area contributed by atoms with E-state index in [0.717, 1.165) is 36.2 Å². The van der Waals surface area contributed by atoms with Gasteiger partial charge in [-0.25, -0.2) is 0 Å². The minimum atomic E-state index is 0.0725. The van der Waals surface area contributed by atoms with E-state index >= 15 is 0 Å². The Bertz CT molecular complexity index is 781. The van der Waals surface area contributed by atoms with E-state index in [1.807, 2.05) is 48.7 Å². The molecule has 0 atom stereocenters. The van der Waals surface area contributed by atoms with E-state index < -0.39 is 0 Å². The molecule has 0 radical (unpaired) electrons. The number of para-hydroxylation sites is 1. The van der Waals surface area contributed by atoms with E-state index in [1.165, 1.54) is 0 Å². The van der Waals surface area contributed by atoms with Gasteiger partial charge in [-0.05, 0) is 24.3 Å². The van der Waals surface area contributed by atoms with E-state index in [9.17, 15) is 4.79 Å². The van der Waals surface area contributed by atoms with Gasteiger partial charge in [0.2, 0.25) is 0 Å². The van der Waals surface area contributed by atoms with Crippen LogP contribution in [-0.2, 0) is 13.1 Å². The number of fused-ring (bicyclic) bond motifs is 1. The summed E-state index contributed by atoms with van der Waals surface area (Å²) in [6, 6.07) is 15.2. The summed E-state index contributed by atoms with van der Waals surface area (Å²) < 4.78 is 2.10. The van der Waals surface area contributed by atoms with Gasteiger partial charge in [-0.3, -0.25) is 9.78 Å². The molecule has 0 amide bonds. The first-order valence-electron chi connectivity index (χ1n) is 7.03. The predicted molar refractivity (Wildman–Crippen MR) is 84.2 cm³/mol. The maximum Gasteiger partial charge on any atom is 0.189 e. The first-order valence-corrected chi connectivity index (χ1v) is 7.03. The van der Waals surface area contributed by atoms with Gasteiger partial charge in [0.25, 0.3) is 0 Å². The van der Waals surface area contributed by atoms with Crippen molar-refractivity contribution in [3.05, 3.63) is 76.8 Å². The summed E-state index contributed by atoms with van der Waals surface area (Å²) in [5.41, 5.74) is 2.08. The Morgan fingerprint density at radius 3 is 2.76 bits per heavy atom. The van der Waals surface area contributed by atoms with Crippen molar-refractivity contribution in [2.75, 3.05) is 6.54 Å². The molecule has 0 aliphatic rings. The topological polar surface area (TPSA) is 46.9 Å².